The fourth-order valence-electron chi connectivity index (χ4n) is 0.470. The van der Waals surface area contributed by atoms with Gasteiger partial charge in [0, 0.05) is 24.3 Å². The Morgan fingerprint density at radius 2 is 2.22 bits per heavy atom. The minimum Gasteiger partial charge on any atom is -0.314 e. The Labute approximate surface area is 66.7 Å². The summed E-state index contributed by atoms with van der Waals surface area (Å²) in [6.07, 6.45) is 1.01. The molecule has 0 aliphatic rings. The summed E-state index contributed by atoms with van der Waals surface area (Å²) in [6.45, 7) is 3.79. The predicted molar refractivity (Wildman–Crippen MR) is 43.5 cm³/mol. The van der Waals surface area contributed by atoms with Gasteiger partial charge in [-0.15, -0.1) is 23.2 Å². The van der Waals surface area contributed by atoms with Crippen molar-refractivity contribution in [3.8, 4) is 0 Å². The van der Waals surface area contributed by atoms with E-state index in [0.717, 1.165) is 19.5 Å². The van der Waals surface area contributed by atoms with E-state index >= 15 is 0 Å². The van der Waals surface area contributed by atoms with Crippen LogP contribution in [0.3, 0.4) is 0 Å². The first-order valence-electron chi connectivity index (χ1n) is 3.22. The zero-order valence-corrected chi connectivity index (χ0v) is 7.17. The Kier molecular flexibility index (Phi) is 7.06. The Bertz CT molecular complexity index is 59.0. The summed E-state index contributed by atoms with van der Waals surface area (Å²) in [5, 5.41) is 3.38. The molecule has 0 radical (unpaired) electrons. The van der Waals surface area contributed by atoms with Crippen LogP contribution in [0, 0.1) is 0 Å². The third-order valence-corrected chi connectivity index (χ3v) is 1.73. The van der Waals surface area contributed by atoms with Crippen molar-refractivity contribution in [1.82, 2.24) is 5.32 Å². The summed E-state index contributed by atoms with van der Waals surface area (Å²) in [5.41, 5.74) is 0. The average molecular weight is 170 g/mol. The van der Waals surface area contributed by atoms with Crippen molar-refractivity contribution in [1.29, 1.82) is 0 Å². The minimum atomic E-state index is 0.258. The molecular formula is C6H13Cl2N. The summed E-state index contributed by atoms with van der Waals surface area (Å²) in [5.74, 6) is 0.660. The maximum absolute atomic E-state index is 5.80. The molecule has 0 aromatic carbocycles. The second kappa shape index (κ2) is 6.66. The summed E-state index contributed by atoms with van der Waals surface area (Å²) in [7, 11) is 0. The smallest absolute Gasteiger partial charge is 0.0458 e. The maximum Gasteiger partial charge on any atom is 0.0458 e. The van der Waals surface area contributed by atoms with Crippen molar-refractivity contribution in [2.75, 3.05) is 19.0 Å². The monoisotopic (exact) mass is 169 g/mol. The average Bonchev–Trinajstić information content (AvgIpc) is 1.89. The highest BCUT2D eigenvalue weighted by Crippen LogP contribution is 1.97. The van der Waals surface area contributed by atoms with E-state index in [1.807, 2.05) is 0 Å². The molecule has 0 spiro atoms. The van der Waals surface area contributed by atoms with E-state index in [1.165, 1.54) is 0 Å². The van der Waals surface area contributed by atoms with Crippen molar-refractivity contribution < 1.29 is 0 Å². The third kappa shape index (κ3) is 6.42. The van der Waals surface area contributed by atoms with Gasteiger partial charge in [-0.3, -0.25) is 0 Å². The van der Waals surface area contributed by atoms with Gasteiger partial charge in [-0.2, -0.15) is 0 Å². The van der Waals surface area contributed by atoms with E-state index < -0.39 is 0 Å². The molecular weight excluding hydrogens is 157 g/mol. The van der Waals surface area contributed by atoms with Gasteiger partial charge in [-0.1, -0.05) is 6.92 Å². The van der Waals surface area contributed by atoms with Gasteiger partial charge in [-0.25, -0.2) is 0 Å². The highest BCUT2D eigenvalue weighted by Gasteiger charge is 1.97. The fraction of sp³-hybridized carbons (Fsp3) is 1.00. The molecule has 0 saturated carbocycles. The van der Waals surface area contributed by atoms with E-state index in [9.17, 15) is 0 Å². The Balaban J connectivity index is 2.88. The molecule has 1 atom stereocenters. The van der Waals surface area contributed by atoms with Crippen molar-refractivity contribution in [3.05, 3.63) is 0 Å². The van der Waals surface area contributed by atoms with Crippen LogP contribution < -0.4 is 5.32 Å². The van der Waals surface area contributed by atoms with E-state index in [1.54, 1.807) is 0 Å². The molecule has 0 amide bonds. The Morgan fingerprint density at radius 3 is 2.67 bits per heavy atom. The van der Waals surface area contributed by atoms with Crippen molar-refractivity contribution in [2.24, 2.45) is 0 Å². The van der Waals surface area contributed by atoms with Crippen LogP contribution in [0.5, 0.6) is 0 Å². The molecule has 0 aliphatic carbocycles. The van der Waals surface area contributed by atoms with E-state index in [4.69, 9.17) is 23.2 Å². The summed E-state index contributed by atoms with van der Waals surface area (Å²) in [4.78, 5) is 0. The Hall–Kier alpha value is 0.540. The van der Waals surface area contributed by atoms with E-state index in [2.05, 4.69) is 12.2 Å². The van der Waals surface area contributed by atoms with Gasteiger partial charge in [-0.05, 0) is 6.42 Å². The van der Waals surface area contributed by atoms with Crippen molar-refractivity contribution in [2.45, 2.75) is 18.7 Å². The molecule has 9 heavy (non-hydrogen) atoms. The first-order valence-corrected chi connectivity index (χ1v) is 4.19. The quantitative estimate of drug-likeness (QED) is 0.490. The lowest BCUT2D eigenvalue weighted by Gasteiger charge is -2.05. The van der Waals surface area contributed by atoms with Crippen LogP contribution in [0.15, 0.2) is 0 Å². The fourth-order valence-corrected chi connectivity index (χ4v) is 0.713. The number of hydrogen-bond acceptors (Lipinski definition) is 1. The SMILES string of the molecule is CCC(Cl)CNCCCl. The third-order valence-electron chi connectivity index (χ3n) is 1.08. The van der Waals surface area contributed by atoms with E-state index in [0.29, 0.717) is 5.88 Å². The van der Waals surface area contributed by atoms with Gasteiger partial charge >= 0.3 is 0 Å². The number of alkyl halides is 2. The molecule has 56 valence electrons. The molecule has 0 bridgehead atoms. The van der Waals surface area contributed by atoms with Gasteiger partial charge in [0.25, 0.3) is 0 Å². The zero-order chi connectivity index (χ0) is 7.11. The summed E-state index contributed by atoms with van der Waals surface area (Å²) in [6, 6.07) is 0. The van der Waals surface area contributed by atoms with Crippen molar-refractivity contribution >= 4 is 23.2 Å². The van der Waals surface area contributed by atoms with Crippen LogP contribution >= 0.6 is 23.2 Å². The summed E-state index contributed by atoms with van der Waals surface area (Å²) < 4.78 is 0. The maximum atomic E-state index is 5.80. The highest BCUT2D eigenvalue weighted by molar-refractivity contribution is 6.20. The summed E-state index contributed by atoms with van der Waals surface area (Å²) >= 11 is 11.2. The molecule has 1 nitrogen and oxygen atoms in total. The van der Waals surface area contributed by atoms with Gasteiger partial charge in [0.05, 0.1) is 0 Å². The standard InChI is InChI=1S/C6H13Cl2N/c1-2-6(8)5-9-4-3-7/h6,9H,2-5H2,1H3. The number of nitrogens with one attached hydrogen (secondary N) is 1. The molecule has 0 aromatic heterocycles. The molecule has 0 fully saturated rings. The molecule has 1 unspecified atom stereocenters. The lowest BCUT2D eigenvalue weighted by molar-refractivity contribution is 0.672. The van der Waals surface area contributed by atoms with Gasteiger partial charge in [0.2, 0.25) is 0 Å². The van der Waals surface area contributed by atoms with Crippen LogP contribution in [-0.4, -0.2) is 24.3 Å². The first kappa shape index (κ1) is 9.54. The Morgan fingerprint density at radius 1 is 1.56 bits per heavy atom. The highest BCUT2D eigenvalue weighted by atomic mass is 35.5. The first-order chi connectivity index (χ1) is 4.31. The van der Waals surface area contributed by atoms with Crippen molar-refractivity contribution in [3.63, 3.8) is 0 Å². The molecule has 0 aliphatic heterocycles. The van der Waals surface area contributed by atoms with E-state index in [-0.39, 0.29) is 5.38 Å². The second-order valence-corrected chi connectivity index (χ2v) is 2.89. The number of hydrogen-bond donors (Lipinski definition) is 1. The predicted octanol–water partition coefficient (Wildman–Crippen LogP) is 1.83. The minimum absolute atomic E-state index is 0.258. The van der Waals surface area contributed by atoms with Crippen LogP contribution in [0.1, 0.15) is 13.3 Å². The topological polar surface area (TPSA) is 12.0 Å². The largest absolute Gasteiger partial charge is 0.314 e. The van der Waals surface area contributed by atoms with Gasteiger partial charge < -0.3 is 5.32 Å². The number of rotatable bonds is 5. The molecule has 0 rings (SSSR count). The van der Waals surface area contributed by atoms with Gasteiger partial charge in [0.15, 0.2) is 0 Å². The molecule has 1 N–H and O–H groups in total. The molecule has 0 heterocycles. The lowest BCUT2D eigenvalue weighted by atomic mass is 10.3. The van der Waals surface area contributed by atoms with Gasteiger partial charge in [0.1, 0.15) is 0 Å². The van der Waals surface area contributed by atoms with Crippen LogP contribution in [0.2, 0.25) is 0 Å². The molecule has 0 aromatic rings. The second-order valence-electron chi connectivity index (χ2n) is 1.90. The number of halogens is 2. The zero-order valence-electron chi connectivity index (χ0n) is 5.66. The van der Waals surface area contributed by atoms with Crippen LogP contribution in [-0.2, 0) is 0 Å². The molecule has 3 heteroatoms. The van der Waals surface area contributed by atoms with Crippen LogP contribution in [0.25, 0.3) is 0 Å². The normalized spacial score (nSPS) is 13.7. The van der Waals surface area contributed by atoms with Crippen LogP contribution in [0.4, 0.5) is 0 Å². The lowest BCUT2D eigenvalue weighted by Crippen LogP contribution is -2.24. The molecule has 0 saturated heterocycles.